The molecule has 4 rings (SSSR count). The van der Waals surface area contributed by atoms with E-state index in [0.29, 0.717) is 17.4 Å². The molecule has 3 heteroatoms. The fraction of sp³-hybridized carbons (Fsp3) is 0.900. The highest BCUT2D eigenvalue weighted by atomic mass is 16.7. The molecule has 0 aromatic carbocycles. The fourth-order valence-electron chi connectivity index (χ4n) is 12.1. The molecule has 306 valence electrons. The summed E-state index contributed by atoms with van der Waals surface area (Å²) in [6.07, 6.45) is 45.0. The standard InChI is InChI=1S/C50H88O3/c1-7-8-9-10-11-12-13-14-15-16-17-18-19-20-21-22-23-24-25-26-38-52-48(51)53-43-34-36-49(5)42(39-43)30-31-44-46-33-32-45(41(4)29-27-28-40(2)3)50(46,6)37-35-47(44)49/h14-15,30,40-41,43-47H,7-13,16-29,31-39H2,1-6H3/t41-,43+,44+,45-,46+,47+,49+,50-/m1/s1. The van der Waals surface area contributed by atoms with Gasteiger partial charge >= 0.3 is 6.16 Å². The van der Waals surface area contributed by atoms with Crippen molar-refractivity contribution in [3.63, 3.8) is 0 Å². The summed E-state index contributed by atoms with van der Waals surface area (Å²) in [6.45, 7) is 15.4. The second-order valence-electron chi connectivity index (χ2n) is 19.7. The van der Waals surface area contributed by atoms with Crippen LogP contribution in [0.3, 0.4) is 0 Å². The predicted molar refractivity (Wildman–Crippen MR) is 227 cm³/mol. The van der Waals surface area contributed by atoms with Gasteiger partial charge in [0.25, 0.3) is 0 Å². The second kappa shape index (κ2) is 23.7. The van der Waals surface area contributed by atoms with Gasteiger partial charge < -0.3 is 9.47 Å². The lowest BCUT2D eigenvalue weighted by Gasteiger charge is -2.58. The van der Waals surface area contributed by atoms with Crippen LogP contribution in [0, 0.1) is 46.3 Å². The summed E-state index contributed by atoms with van der Waals surface area (Å²) in [5.41, 5.74) is 2.42. The number of ether oxygens (including phenoxy) is 2. The third-order valence-corrected chi connectivity index (χ3v) is 15.4. The van der Waals surface area contributed by atoms with Crippen molar-refractivity contribution in [3.05, 3.63) is 23.8 Å². The highest BCUT2D eigenvalue weighted by Gasteiger charge is 2.59. The Labute approximate surface area is 330 Å². The fourth-order valence-corrected chi connectivity index (χ4v) is 12.1. The SMILES string of the molecule is CCCCCCCCC=CCCCCCCCCCCCCOC(=O)O[C@H]1CC[C@@]2(C)C(=CC[C@H]3[C@@H]4CC[C@H]([C@H](C)CCCC(C)C)[C@@]4(C)CC[C@@H]32)C1. The summed E-state index contributed by atoms with van der Waals surface area (Å²) >= 11 is 0. The number of carbonyl (C=O) groups is 1. The van der Waals surface area contributed by atoms with Crippen LogP contribution in [0.2, 0.25) is 0 Å². The summed E-state index contributed by atoms with van der Waals surface area (Å²) in [7, 11) is 0. The minimum Gasteiger partial charge on any atom is -0.434 e. The van der Waals surface area contributed by atoms with E-state index in [2.05, 4.69) is 59.8 Å². The highest BCUT2D eigenvalue weighted by molar-refractivity contribution is 5.60. The molecule has 0 aromatic heterocycles. The van der Waals surface area contributed by atoms with E-state index in [1.165, 1.54) is 154 Å². The molecule has 4 aliphatic carbocycles. The molecule has 0 unspecified atom stereocenters. The van der Waals surface area contributed by atoms with Crippen molar-refractivity contribution in [3.8, 4) is 0 Å². The molecule has 0 N–H and O–H groups in total. The van der Waals surface area contributed by atoms with Gasteiger partial charge in [-0.25, -0.2) is 4.79 Å². The summed E-state index contributed by atoms with van der Waals surface area (Å²) < 4.78 is 11.5. The molecule has 0 aliphatic heterocycles. The number of hydrogen-bond donors (Lipinski definition) is 0. The van der Waals surface area contributed by atoms with Crippen LogP contribution in [0.4, 0.5) is 4.79 Å². The maximum absolute atomic E-state index is 12.7. The first kappa shape index (κ1) is 44.5. The molecule has 53 heavy (non-hydrogen) atoms. The van der Waals surface area contributed by atoms with Crippen LogP contribution in [0.1, 0.15) is 228 Å². The number of hydrogen-bond acceptors (Lipinski definition) is 3. The minimum atomic E-state index is -0.436. The normalized spacial score (nSPS) is 30.2. The van der Waals surface area contributed by atoms with Gasteiger partial charge in [0.15, 0.2) is 0 Å². The van der Waals surface area contributed by atoms with Crippen LogP contribution < -0.4 is 0 Å². The Morgan fingerprint density at radius 3 is 2.00 bits per heavy atom. The Balaban J connectivity index is 1.01. The van der Waals surface area contributed by atoms with Gasteiger partial charge in [-0.1, -0.05) is 168 Å². The van der Waals surface area contributed by atoms with Gasteiger partial charge in [0.2, 0.25) is 0 Å². The molecule has 0 heterocycles. The Hall–Kier alpha value is -1.25. The summed E-state index contributed by atoms with van der Waals surface area (Å²) in [6, 6.07) is 0. The third kappa shape index (κ3) is 13.7. The smallest absolute Gasteiger partial charge is 0.434 e. The molecule has 0 amide bonds. The summed E-state index contributed by atoms with van der Waals surface area (Å²) in [5.74, 6) is 5.15. The number of fused-ring (bicyclic) bond motifs is 5. The summed E-state index contributed by atoms with van der Waals surface area (Å²) in [5, 5.41) is 0. The van der Waals surface area contributed by atoms with Crippen LogP contribution in [-0.2, 0) is 9.47 Å². The van der Waals surface area contributed by atoms with Crippen LogP contribution in [0.25, 0.3) is 0 Å². The molecule has 0 aromatic rings. The van der Waals surface area contributed by atoms with Gasteiger partial charge in [-0.05, 0) is 123 Å². The van der Waals surface area contributed by atoms with E-state index in [-0.39, 0.29) is 6.10 Å². The molecular weight excluding hydrogens is 649 g/mol. The second-order valence-corrected chi connectivity index (χ2v) is 19.7. The lowest BCUT2D eigenvalue weighted by atomic mass is 9.47. The van der Waals surface area contributed by atoms with Crippen molar-refractivity contribution in [2.24, 2.45) is 46.3 Å². The first-order valence-electron chi connectivity index (χ1n) is 23.9. The van der Waals surface area contributed by atoms with Gasteiger partial charge in [0, 0.05) is 6.42 Å². The van der Waals surface area contributed by atoms with Gasteiger partial charge in [0.05, 0.1) is 6.61 Å². The van der Waals surface area contributed by atoms with E-state index in [9.17, 15) is 4.79 Å². The number of allylic oxidation sites excluding steroid dienone is 3. The van der Waals surface area contributed by atoms with Crippen molar-refractivity contribution >= 4 is 6.16 Å². The van der Waals surface area contributed by atoms with Crippen LogP contribution in [-0.4, -0.2) is 18.9 Å². The molecule has 3 saturated carbocycles. The molecule has 0 bridgehead atoms. The quantitative estimate of drug-likeness (QED) is 0.0504. The van der Waals surface area contributed by atoms with Crippen LogP contribution in [0.15, 0.2) is 23.8 Å². The Bertz CT molecular complexity index is 1070. The topological polar surface area (TPSA) is 35.5 Å². The Morgan fingerprint density at radius 2 is 1.36 bits per heavy atom. The van der Waals surface area contributed by atoms with E-state index in [1.807, 2.05) is 0 Å². The molecule has 0 saturated heterocycles. The minimum absolute atomic E-state index is 0.0128. The van der Waals surface area contributed by atoms with Gasteiger partial charge in [-0.15, -0.1) is 0 Å². The molecule has 4 aliphatic rings. The molecule has 0 spiro atoms. The van der Waals surface area contributed by atoms with Gasteiger partial charge in [0.1, 0.15) is 6.10 Å². The zero-order valence-electron chi connectivity index (χ0n) is 36.2. The van der Waals surface area contributed by atoms with Crippen molar-refractivity contribution in [2.75, 3.05) is 6.61 Å². The molecule has 0 radical (unpaired) electrons. The molecule has 3 fully saturated rings. The molecular formula is C50H88O3. The average molecular weight is 737 g/mol. The Morgan fingerprint density at radius 1 is 0.736 bits per heavy atom. The van der Waals surface area contributed by atoms with E-state index < -0.39 is 6.16 Å². The summed E-state index contributed by atoms with van der Waals surface area (Å²) in [4.78, 5) is 12.7. The van der Waals surface area contributed by atoms with E-state index in [0.717, 1.165) is 67.6 Å². The third-order valence-electron chi connectivity index (χ3n) is 15.4. The zero-order valence-corrected chi connectivity index (χ0v) is 36.2. The number of carbonyl (C=O) groups excluding carboxylic acids is 1. The first-order valence-corrected chi connectivity index (χ1v) is 23.9. The first-order chi connectivity index (χ1) is 25.7. The predicted octanol–water partition coefficient (Wildman–Crippen LogP) is 16.1. The van der Waals surface area contributed by atoms with E-state index in [4.69, 9.17) is 9.47 Å². The van der Waals surface area contributed by atoms with Gasteiger partial charge in [-0.2, -0.15) is 0 Å². The van der Waals surface area contributed by atoms with Crippen molar-refractivity contribution in [2.45, 2.75) is 234 Å². The maximum Gasteiger partial charge on any atom is 0.508 e. The van der Waals surface area contributed by atoms with Crippen LogP contribution in [0.5, 0.6) is 0 Å². The van der Waals surface area contributed by atoms with E-state index in [1.54, 1.807) is 5.57 Å². The van der Waals surface area contributed by atoms with Crippen molar-refractivity contribution < 1.29 is 14.3 Å². The maximum atomic E-state index is 12.7. The lowest BCUT2D eigenvalue weighted by Crippen LogP contribution is -2.51. The highest BCUT2D eigenvalue weighted by Crippen LogP contribution is 2.67. The van der Waals surface area contributed by atoms with Crippen molar-refractivity contribution in [1.29, 1.82) is 0 Å². The molecule has 3 nitrogen and oxygen atoms in total. The van der Waals surface area contributed by atoms with Crippen LogP contribution >= 0.6 is 0 Å². The number of rotatable bonds is 26. The van der Waals surface area contributed by atoms with Crippen molar-refractivity contribution in [1.82, 2.24) is 0 Å². The zero-order chi connectivity index (χ0) is 37.9. The number of unbranched alkanes of at least 4 members (excludes halogenated alkanes) is 16. The monoisotopic (exact) mass is 737 g/mol. The largest absolute Gasteiger partial charge is 0.508 e. The van der Waals surface area contributed by atoms with Gasteiger partial charge in [-0.3, -0.25) is 0 Å². The Kier molecular flexibility index (Phi) is 19.9. The molecule has 8 atom stereocenters. The van der Waals surface area contributed by atoms with E-state index >= 15 is 0 Å². The average Bonchev–Trinajstić information content (AvgIpc) is 3.49. The lowest BCUT2D eigenvalue weighted by molar-refractivity contribution is -0.0617.